The van der Waals surface area contributed by atoms with Crippen LogP contribution in [0.2, 0.25) is 0 Å². The third-order valence-corrected chi connectivity index (χ3v) is 2.25. The lowest BCUT2D eigenvalue weighted by Gasteiger charge is -2.10. The van der Waals surface area contributed by atoms with E-state index in [1.165, 1.54) is 6.07 Å². The second-order valence-electron chi connectivity index (χ2n) is 3.63. The standard InChI is InChI=1S/C12H11F2N3O/c1-7-6-9(17-12(15)16-7)8-4-2-3-5-10(8)18-11(13)14/h2-6,11H,1H3,(H2,15,16,17). The van der Waals surface area contributed by atoms with Crippen molar-refractivity contribution in [2.75, 3.05) is 5.73 Å². The molecule has 2 N–H and O–H groups in total. The topological polar surface area (TPSA) is 61.0 Å². The molecule has 0 saturated heterocycles. The highest BCUT2D eigenvalue weighted by molar-refractivity contribution is 5.67. The number of hydrogen-bond donors (Lipinski definition) is 1. The summed E-state index contributed by atoms with van der Waals surface area (Å²) < 4.78 is 29.0. The molecule has 18 heavy (non-hydrogen) atoms. The first-order valence-corrected chi connectivity index (χ1v) is 5.21. The Hall–Kier alpha value is -2.24. The first-order valence-electron chi connectivity index (χ1n) is 5.21. The van der Waals surface area contributed by atoms with Crippen molar-refractivity contribution in [3.63, 3.8) is 0 Å². The Bertz CT molecular complexity index is 541. The number of hydrogen-bond acceptors (Lipinski definition) is 4. The maximum absolute atomic E-state index is 12.3. The van der Waals surface area contributed by atoms with Gasteiger partial charge in [-0.2, -0.15) is 8.78 Å². The van der Waals surface area contributed by atoms with E-state index < -0.39 is 6.61 Å². The molecule has 1 aromatic carbocycles. The number of nitrogens with two attached hydrogens (primary N) is 1. The van der Waals surface area contributed by atoms with Crippen LogP contribution in [-0.4, -0.2) is 16.6 Å². The number of benzene rings is 1. The van der Waals surface area contributed by atoms with Gasteiger partial charge in [0.15, 0.2) is 0 Å². The first-order chi connectivity index (χ1) is 8.56. The van der Waals surface area contributed by atoms with Gasteiger partial charge >= 0.3 is 6.61 Å². The smallest absolute Gasteiger partial charge is 0.387 e. The second kappa shape index (κ2) is 4.95. The van der Waals surface area contributed by atoms with Crippen LogP contribution in [0, 0.1) is 6.92 Å². The highest BCUT2D eigenvalue weighted by Crippen LogP contribution is 2.30. The highest BCUT2D eigenvalue weighted by atomic mass is 19.3. The fraction of sp³-hybridized carbons (Fsp3) is 0.167. The molecule has 4 nitrogen and oxygen atoms in total. The number of para-hydroxylation sites is 1. The van der Waals surface area contributed by atoms with Gasteiger partial charge in [0, 0.05) is 11.3 Å². The lowest BCUT2D eigenvalue weighted by atomic mass is 10.1. The van der Waals surface area contributed by atoms with Gasteiger partial charge in [0.05, 0.1) is 5.69 Å². The third-order valence-electron chi connectivity index (χ3n) is 2.25. The summed E-state index contributed by atoms with van der Waals surface area (Å²) in [6.07, 6.45) is 0. The van der Waals surface area contributed by atoms with Crippen LogP contribution >= 0.6 is 0 Å². The van der Waals surface area contributed by atoms with Gasteiger partial charge in [-0.05, 0) is 25.1 Å². The van der Waals surface area contributed by atoms with E-state index in [1.54, 1.807) is 31.2 Å². The molecule has 0 fully saturated rings. The van der Waals surface area contributed by atoms with E-state index in [2.05, 4.69) is 14.7 Å². The van der Waals surface area contributed by atoms with Crippen molar-refractivity contribution >= 4 is 5.95 Å². The molecule has 0 radical (unpaired) electrons. The second-order valence-corrected chi connectivity index (χ2v) is 3.63. The molecule has 6 heteroatoms. The Morgan fingerprint density at radius 1 is 1.22 bits per heavy atom. The molecule has 1 heterocycles. The number of aryl methyl sites for hydroxylation is 1. The van der Waals surface area contributed by atoms with Crippen molar-refractivity contribution in [2.45, 2.75) is 13.5 Å². The van der Waals surface area contributed by atoms with Crippen LogP contribution in [0.3, 0.4) is 0 Å². The average Bonchev–Trinajstić information content (AvgIpc) is 2.27. The molecular weight excluding hydrogens is 240 g/mol. The Morgan fingerprint density at radius 2 is 1.94 bits per heavy atom. The highest BCUT2D eigenvalue weighted by Gasteiger charge is 2.12. The summed E-state index contributed by atoms with van der Waals surface area (Å²) in [7, 11) is 0. The van der Waals surface area contributed by atoms with Gasteiger partial charge in [0.1, 0.15) is 5.75 Å². The van der Waals surface area contributed by atoms with E-state index in [1.807, 2.05) is 0 Å². The predicted octanol–water partition coefficient (Wildman–Crippen LogP) is 2.64. The molecule has 0 amide bonds. The Morgan fingerprint density at radius 3 is 2.61 bits per heavy atom. The number of ether oxygens (including phenoxy) is 1. The number of aromatic nitrogens is 2. The normalized spacial score (nSPS) is 10.7. The van der Waals surface area contributed by atoms with Gasteiger partial charge in [-0.1, -0.05) is 12.1 Å². The monoisotopic (exact) mass is 251 g/mol. The number of rotatable bonds is 3. The van der Waals surface area contributed by atoms with Gasteiger partial charge < -0.3 is 10.5 Å². The molecule has 1 aromatic heterocycles. The summed E-state index contributed by atoms with van der Waals surface area (Å²) in [5.74, 6) is 0.154. The minimum atomic E-state index is -2.88. The maximum Gasteiger partial charge on any atom is 0.387 e. The van der Waals surface area contributed by atoms with Crippen LogP contribution < -0.4 is 10.5 Å². The van der Waals surface area contributed by atoms with Gasteiger partial charge in [0.25, 0.3) is 0 Å². The third kappa shape index (κ3) is 2.71. The van der Waals surface area contributed by atoms with Crippen LogP contribution in [-0.2, 0) is 0 Å². The molecule has 0 aliphatic carbocycles. The molecule has 0 aliphatic rings. The summed E-state index contributed by atoms with van der Waals surface area (Å²) in [4.78, 5) is 7.94. The molecule has 2 rings (SSSR count). The molecule has 0 spiro atoms. The van der Waals surface area contributed by atoms with Crippen molar-refractivity contribution in [1.82, 2.24) is 9.97 Å². The summed E-state index contributed by atoms with van der Waals surface area (Å²) in [6.45, 7) is -1.13. The fourth-order valence-electron chi connectivity index (χ4n) is 1.61. The molecular formula is C12H11F2N3O. The summed E-state index contributed by atoms with van der Waals surface area (Å²) in [5, 5.41) is 0. The number of alkyl halides is 2. The largest absolute Gasteiger partial charge is 0.434 e. The van der Waals surface area contributed by atoms with Crippen LogP contribution in [0.4, 0.5) is 14.7 Å². The summed E-state index contributed by atoms with van der Waals surface area (Å²) >= 11 is 0. The maximum atomic E-state index is 12.3. The SMILES string of the molecule is Cc1cc(-c2ccccc2OC(F)F)nc(N)n1. The van der Waals surface area contributed by atoms with E-state index in [-0.39, 0.29) is 11.7 Å². The number of anilines is 1. The van der Waals surface area contributed by atoms with Gasteiger partial charge in [-0.3, -0.25) is 0 Å². The van der Waals surface area contributed by atoms with Crippen molar-refractivity contribution in [2.24, 2.45) is 0 Å². The van der Waals surface area contributed by atoms with E-state index in [9.17, 15) is 8.78 Å². The predicted molar refractivity (Wildman–Crippen MR) is 63.2 cm³/mol. The molecule has 94 valence electrons. The molecule has 2 aromatic rings. The van der Waals surface area contributed by atoms with Gasteiger partial charge in [0.2, 0.25) is 5.95 Å². The molecule has 0 saturated carbocycles. The van der Waals surface area contributed by atoms with Gasteiger partial charge in [-0.15, -0.1) is 0 Å². The zero-order valence-corrected chi connectivity index (χ0v) is 9.60. The zero-order valence-electron chi connectivity index (χ0n) is 9.60. The molecule has 0 atom stereocenters. The molecule has 0 bridgehead atoms. The van der Waals surface area contributed by atoms with Crippen molar-refractivity contribution in [3.05, 3.63) is 36.0 Å². The van der Waals surface area contributed by atoms with Crippen molar-refractivity contribution < 1.29 is 13.5 Å². The van der Waals surface area contributed by atoms with Crippen LogP contribution in [0.15, 0.2) is 30.3 Å². The van der Waals surface area contributed by atoms with Crippen LogP contribution in [0.1, 0.15) is 5.69 Å². The Balaban J connectivity index is 2.49. The van der Waals surface area contributed by atoms with Crippen LogP contribution in [0.25, 0.3) is 11.3 Å². The number of nitrogen functional groups attached to an aromatic ring is 1. The molecule has 0 unspecified atom stereocenters. The summed E-state index contributed by atoms with van der Waals surface area (Å²) in [5.41, 5.74) is 7.10. The van der Waals surface area contributed by atoms with Gasteiger partial charge in [-0.25, -0.2) is 9.97 Å². The van der Waals surface area contributed by atoms with E-state index in [4.69, 9.17) is 5.73 Å². The van der Waals surface area contributed by atoms with E-state index >= 15 is 0 Å². The van der Waals surface area contributed by atoms with Crippen molar-refractivity contribution in [3.8, 4) is 17.0 Å². The summed E-state index contributed by atoms with van der Waals surface area (Å²) in [6, 6.07) is 8.07. The number of nitrogens with zero attached hydrogens (tertiary/aromatic N) is 2. The Labute approximate surface area is 102 Å². The number of halogens is 2. The molecule has 0 aliphatic heterocycles. The zero-order chi connectivity index (χ0) is 13.1. The quantitative estimate of drug-likeness (QED) is 0.910. The average molecular weight is 251 g/mol. The first kappa shape index (κ1) is 12.2. The lowest BCUT2D eigenvalue weighted by Crippen LogP contribution is -2.04. The van der Waals surface area contributed by atoms with Crippen molar-refractivity contribution in [1.29, 1.82) is 0 Å². The lowest BCUT2D eigenvalue weighted by molar-refractivity contribution is -0.0494. The van der Waals surface area contributed by atoms with E-state index in [0.29, 0.717) is 17.0 Å². The van der Waals surface area contributed by atoms with E-state index in [0.717, 1.165) is 0 Å². The Kier molecular flexibility index (Phi) is 3.36. The minimum absolute atomic E-state index is 0.0602. The fourth-order valence-corrected chi connectivity index (χ4v) is 1.61. The minimum Gasteiger partial charge on any atom is -0.434 e. The van der Waals surface area contributed by atoms with Crippen LogP contribution in [0.5, 0.6) is 5.75 Å².